The van der Waals surface area contributed by atoms with Crippen molar-refractivity contribution in [3.63, 3.8) is 0 Å². The Kier molecular flexibility index (Phi) is 5.37. The zero-order valence-corrected chi connectivity index (χ0v) is 12.4. The number of nitrogens with zero attached hydrogens (tertiary/aromatic N) is 2. The number of benzene rings is 1. The minimum Gasteiger partial charge on any atom is -0.329 e. The summed E-state index contributed by atoms with van der Waals surface area (Å²) < 4.78 is 0. The van der Waals surface area contributed by atoms with E-state index in [0.717, 1.165) is 25.3 Å². The van der Waals surface area contributed by atoms with Crippen LogP contribution < -0.4 is 11.1 Å². The first kappa shape index (κ1) is 15.3. The smallest absolute Gasteiger partial charge is 0.238 e. The molecule has 1 fully saturated rings. The van der Waals surface area contributed by atoms with E-state index in [0.29, 0.717) is 18.1 Å². The highest BCUT2D eigenvalue weighted by molar-refractivity contribution is 6.30. The second kappa shape index (κ2) is 7.04. The van der Waals surface area contributed by atoms with Gasteiger partial charge in [-0.3, -0.25) is 9.69 Å². The van der Waals surface area contributed by atoms with Crippen molar-refractivity contribution in [1.82, 2.24) is 9.80 Å². The van der Waals surface area contributed by atoms with Crippen LogP contribution in [0.5, 0.6) is 0 Å². The van der Waals surface area contributed by atoms with Crippen molar-refractivity contribution in [2.24, 2.45) is 5.73 Å². The summed E-state index contributed by atoms with van der Waals surface area (Å²) >= 11 is 5.90. The molecule has 0 aliphatic carbocycles. The Balaban J connectivity index is 1.90. The molecular formula is C14H21ClN4O. The molecule has 1 aromatic carbocycles. The van der Waals surface area contributed by atoms with Gasteiger partial charge >= 0.3 is 0 Å². The highest BCUT2D eigenvalue weighted by Crippen LogP contribution is 2.15. The first-order valence-corrected chi connectivity index (χ1v) is 7.14. The summed E-state index contributed by atoms with van der Waals surface area (Å²) in [6.45, 7) is 3.65. The molecule has 1 aliphatic heterocycles. The summed E-state index contributed by atoms with van der Waals surface area (Å²) in [6, 6.07) is 7.40. The predicted molar refractivity (Wildman–Crippen MR) is 82.0 cm³/mol. The lowest BCUT2D eigenvalue weighted by molar-refractivity contribution is -0.118. The fourth-order valence-corrected chi connectivity index (χ4v) is 2.62. The molecule has 0 spiro atoms. The summed E-state index contributed by atoms with van der Waals surface area (Å²) in [7, 11) is 2.08. The summed E-state index contributed by atoms with van der Waals surface area (Å²) in [4.78, 5) is 16.5. The molecule has 0 radical (unpaired) electrons. The number of halogens is 1. The average molecular weight is 297 g/mol. The van der Waals surface area contributed by atoms with Crippen molar-refractivity contribution in [3.05, 3.63) is 29.3 Å². The van der Waals surface area contributed by atoms with Crippen LogP contribution in [0.15, 0.2) is 24.3 Å². The monoisotopic (exact) mass is 296 g/mol. The molecule has 1 aliphatic rings. The Morgan fingerprint density at radius 3 is 3.00 bits per heavy atom. The maximum atomic E-state index is 12.1. The van der Waals surface area contributed by atoms with Gasteiger partial charge < -0.3 is 16.0 Å². The van der Waals surface area contributed by atoms with E-state index in [9.17, 15) is 4.79 Å². The third-order valence-electron chi connectivity index (χ3n) is 3.53. The molecular weight excluding hydrogens is 276 g/mol. The standard InChI is InChI=1S/C14H21ClN4O/c1-18-5-6-19(13(8-16)9-18)10-14(20)17-12-4-2-3-11(15)7-12/h2-4,7,13H,5-6,8-10,16H2,1H3,(H,17,20). The molecule has 110 valence electrons. The van der Waals surface area contributed by atoms with Crippen LogP contribution in [0, 0.1) is 0 Å². The summed E-state index contributed by atoms with van der Waals surface area (Å²) in [5, 5.41) is 3.48. The van der Waals surface area contributed by atoms with Crippen LogP contribution in [0.3, 0.4) is 0 Å². The molecule has 0 aromatic heterocycles. The molecule has 0 saturated carbocycles. The van der Waals surface area contributed by atoms with E-state index in [4.69, 9.17) is 17.3 Å². The SMILES string of the molecule is CN1CCN(CC(=O)Nc2cccc(Cl)c2)C(CN)C1. The molecule has 1 aromatic rings. The maximum absolute atomic E-state index is 12.1. The van der Waals surface area contributed by atoms with Gasteiger partial charge in [-0.1, -0.05) is 17.7 Å². The van der Waals surface area contributed by atoms with Gasteiger partial charge in [0.25, 0.3) is 0 Å². The quantitative estimate of drug-likeness (QED) is 0.865. The van der Waals surface area contributed by atoms with Gasteiger partial charge in [-0.25, -0.2) is 0 Å². The minimum absolute atomic E-state index is 0.0322. The Morgan fingerprint density at radius 1 is 1.50 bits per heavy atom. The number of carbonyl (C=O) groups is 1. The van der Waals surface area contributed by atoms with Crippen LogP contribution in [-0.4, -0.2) is 61.5 Å². The zero-order valence-electron chi connectivity index (χ0n) is 11.7. The third-order valence-corrected chi connectivity index (χ3v) is 3.77. The fourth-order valence-electron chi connectivity index (χ4n) is 2.43. The van der Waals surface area contributed by atoms with Crippen LogP contribution in [0.2, 0.25) is 5.02 Å². The van der Waals surface area contributed by atoms with E-state index in [1.165, 1.54) is 0 Å². The van der Waals surface area contributed by atoms with Gasteiger partial charge in [0.1, 0.15) is 0 Å². The highest BCUT2D eigenvalue weighted by atomic mass is 35.5. The molecule has 1 amide bonds. The first-order chi connectivity index (χ1) is 9.58. The van der Waals surface area contributed by atoms with Gasteiger partial charge in [-0.15, -0.1) is 0 Å². The van der Waals surface area contributed by atoms with Gasteiger partial charge in [0.2, 0.25) is 5.91 Å². The molecule has 5 nitrogen and oxygen atoms in total. The van der Waals surface area contributed by atoms with E-state index in [1.54, 1.807) is 12.1 Å². The number of hydrogen-bond acceptors (Lipinski definition) is 4. The molecule has 3 N–H and O–H groups in total. The number of nitrogens with one attached hydrogen (secondary N) is 1. The van der Waals surface area contributed by atoms with E-state index in [-0.39, 0.29) is 11.9 Å². The molecule has 1 saturated heterocycles. The van der Waals surface area contributed by atoms with E-state index in [2.05, 4.69) is 22.2 Å². The lowest BCUT2D eigenvalue weighted by Crippen LogP contribution is -2.56. The van der Waals surface area contributed by atoms with Crippen molar-refractivity contribution in [3.8, 4) is 0 Å². The minimum atomic E-state index is -0.0322. The van der Waals surface area contributed by atoms with Gasteiger partial charge in [0, 0.05) is 42.9 Å². The predicted octanol–water partition coefficient (Wildman–Crippen LogP) is 0.853. The van der Waals surface area contributed by atoms with Crippen LogP contribution in [0.4, 0.5) is 5.69 Å². The third kappa shape index (κ3) is 4.18. The maximum Gasteiger partial charge on any atom is 0.238 e. The Bertz CT molecular complexity index is 468. The van der Waals surface area contributed by atoms with Crippen molar-refractivity contribution in [1.29, 1.82) is 0 Å². The first-order valence-electron chi connectivity index (χ1n) is 6.76. The lowest BCUT2D eigenvalue weighted by Gasteiger charge is -2.39. The molecule has 0 bridgehead atoms. The van der Waals surface area contributed by atoms with E-state index >= 15 is 0 Å². The molecule has 6 heteroatoms. The Labute approximate surface area is 124 Å². The number of piperazine rings is 1. The van der Waals surface area contributed by atoms with Gasteiger partial charge in [-0.05, 0) is 25.2 Å². The fraction of sp³-hybridized carbons (Fsp3) is 0.500. The Morgan fingerprint density at radius 2 is 2.30 bits per heavy atom. The van der Waals surface area contributed by atoms with Crippen LogP contribution in [-0.2, 0) is 4.79 Å². The topological polar surface area (TPSA) is 61.6 Å². The Hall–Kier alpha value is -1.14. The van der Waals surface area contributed by atoms with Crippen molar-refractivity contribution in [2.45, 2.75) is 6.04 Å². The number of likely N-dealkylation sites (N-methyl/N-ethyl adjacent to an activating group) is 1. The molecule has 1 heterocycles. The number of rotatable bonds is 4. The molecule has 2 rings (SSSR count). The van der Waals surface area contributed by atoms with Gasteiger partial charge in [0.15, 0.2) is 0 Å². The summed E-state index contributed by atoms with van der Waals surface area (Å²) in [6.07, 6.45) is 0. The number of hydrogen-bond donors (Lipinski definition) is 2. The molecule has 20 heavy (non-hydrogen) atoms. The van der Waals surface area contributed by atoms with Gasteiger partial charge in [-0.2, -0.15) is 0 Å². The lowest BCUT2D eigenvalue weighted by atomic mass is 10.1. The van der Waals surface area contributed by atoms with Crippen LogP contribution in [0.1, 0.15) is 0 Å². The van der Waals surface area contributed by atoms with Crippen LogP contribution >= 0.6 is 11.6 Å². The number of amides is 1. The molecule has 1 unspecified atom stereocenters. The zero-order chi connectivity index (χ0) is 14.5. The second-order valence-corrected chi connectivity index (χ2v) is 5.62. The summed E-state index contributed by atoms with van der Waals surface area (Å²) in [5.41, 5.74) is 6.51. The second-order valence-electron chi connectivity index (χ2n) is 5.18. The van der Waals surface area contributed by atoms with Crippen molar-refractivity contribution >= 4 is 23.2 Å². The van der Waals surface area contributed by atoms with E-state index in [1.807, 2.05) is 12.1 Å². The van der Waals surface area contributed by atoms with Crippen molar-refractivity contribution < 1.29 is 4.79 Å². The average Bonchev–Trinajstić information content (AvgIpc) is 2.40. The largest absolute Gasteiger partial charge is 0.329 e. The normalized spacial score (nSPS) is 20.9. The van der Waals surface area contributed by atoms with Gasteiger partial charge in [0.05, 0.1) is 6.54 Å². The summed E-state index contributed by atoms with van der Waals surface area (Å²) in [5.74, 6) is -0.0322. The van der Waals surface area contributed by atoms with E-state index < -0.39 is 0 Å². The highest BCUT2D eigenvalue weighted by Gasteiger charge is 2.25. The van der Waals surface area contributed by atoms with Crippen LogP contribution in [0.25, 0.3) is 0 Å². The van der Waals surface area contributed by atoms with Crippen molar-refractivity contribution in [2.75, 3.05) is 45.1 Å². The number of carbonyl (C=O) groups excluding carboxylic acids is 1. The number of nitrogens with two attached hydrogens (primary N) is 1. The number of anilines is 1. The molecule has 1 atom stereocenters.